The molecule has 0 aliphatic carbocycles. The van der Waals surface area contributed by atoms with Gasteiger partial charge in [-0.3, -0.25) is 0 Å². The first-order valence-corrected chi connectivity index (χ1v) is 3.98. The predicted molar refractivity (Wildman–Crippen MR) is 49.2 cm³/mol. The van der Waals surface area contributed by atoms with E-state index in [1.165, 1.54) is 6.07 Å². The highest BCUT2D eigenvalue weighted by Crippen LogP contribution is 2.20. The lowest BCUT2D eigenvalue weighted by Crippen LogP contribution is -1.99. The first kappa shape index (κ1) is 8.84. The second-order valence-corrected chi connectivity index (χ2v) is 2.82. The molecule has 1 aromatic rings. The second kappa shape index (κ2) is 3.43. The van der Waals surface area contributed by atoms with E-state index in [4.69, 9.17) is 11.5 Å². The van der Waals surface area contributed by atoms with Crippen LogP contribution in [0.3, 0.4) is 0 Å². The van der Waals surface area contributed by atoms with Crippen LogP contribution in [0.1, 0.15) is 18.9 Å². The zero-order valence-electron chi connectivity index (χ0n) is 7.10. The molecule has 66 valence electrons. The van der Waals surface area contributed by atoms with Gasteiger partial charge in [0.2, 0.25) is 0 Å². The molecule has 0 fully saturated rings. The van der Waals surface area contributed by atoms with Crippen LogP contribution < -0.4 is 11.5 Å². The number of anilines is 2. The lowest BCUT2D eigenvalue weighted by Gasteiger charge is -2.05. The van der Waals surface area contributed by atoms with E-state index in [9.17, 15) is 4.39 Å². The highest BCUT2D eigenvalue weighted by Gasteiger charge is 2.03. The Bertz CT molecular complexity index is 284. The van der Waals surface area contributed by atoms with Crippen LogP contribution >= 0.6 is 0 Å². The third-order valence-corrected chi connectivity index (χ3v) is 1.78. The van der Waals surface area contributed by atoms with E-state index < -0.39 is 5.82 Å². The van der Waals surface area contributed by atoms with Crippen LogP contribution in [-0.2, 0) is 6.42 Å². The summed E-state index contributed by atoms with van der Waals surface area (Å²) < 4.78 is 12.8. The Morgan fingerprint density at radius 3 is 2.50 bits per heavy atom. The summed E-state index contributed by atoms with van der Waals surface area (Å²) in [6.45, 7) is 2.04. The molecular formula is C9H13FN2. The van der Waals surface area contributed by atoms with Gasteiger partial charge in [-0.1, -0.05) is 13.3 Å². The lowest BCUT2D eigenvalue weighted by atomic mass is 10.1. The SMILES string of the molecule is CCCc1cc(N)c(F)cc1N. The summed E-state index contributed by atoms with van der Waals surface area (Å²) in [5.74, 6) is -0.438. The molecule has 12 heavy (non-hydrogen) atoms. The Labute approximate surface area is 71.4 Å². The number of benzene rings is 1. The van der Waals surface area contributed by atoms with Crippen molar-refractivity contribution in [1.29, 1.82) is 0 Å². The fraction of sp³-hybridized carbons (Fsp3) is 0.333. The molecule has 0 aromatic heterocycles. The summed E-state index contributed by atoms with van der Waals surface area (Å²) in [6.07, 6.45) is 1.82. The fourth-order valence-corrected chi connectivity index (χ4v) is 1.14. The maximum absolute atomic E-state index is 12.8. The molecule has 0 aliphatic heterocycles. The number of hydrogen-bond donors (Lipinski definition) is 2. The molecule has 0 atom stereocenters. The van der Waals surface area contributed by atoms with Crippen LogP contribution in [0.25, 0.3) is 0 Å². The van der Waals surface area contributed by atoms with Gasteiger partial charge in [0.05, 0.1) is 5.69 Å². The van der Waals surface area contributed by atoms with Gasteiger partial charge in [-0.05, 0) is 24.1 Å². The molecule has 1 rings (SSSR count). The smallest absolute Gasteiger partial charge is 0.148 e. The summed E-state index contributed by atoms with van der Waals surface area (Å²) in [7, 11) is 0. The third-order valence-electron chi connectivity index (χ3n) is 1.78. The molecule has 2 nitrogen and oxygen atoms in total. The van der Waals surface area contributed by atoms with Crippen molar-refractivity contribution in [3.63, 3.8) is 0 Å². The Balaban J connectivity index is 3.05. The van der Waals surface area contributed by atoms with Crippen molar-refractivity contribution in [1.82, 2.24) is 0 Å². The highest BCUT2D eigenvalue weighted by atomic mass is 19.1. The molecule has 0 saturated carbocycles. The third kappa shape index (κ3) is 1.67. The number of aryl methyl sites for hydroxylation is 1. The largest absolute Gasteiger partial charge is 0.398 e. The van der Waals surface area contributed by atoms with Gasteiger partial charge in [-0.15, -0.1) is 0 Å². The van der Waals surface area contributed by atoms with E-state index in [1.54, 1.807) is 6.07 Å². The zero-order chi connectivity index (χ0) is 9.14. The Kier molecular flexibility index (Phi) is 2.53. The summed E-state index contributed by atoms with van der Waals surface area (Å²) in [6, 6.07) is 2.88. The molecule has 0 aliphatic rings. The molecule has 4 N–H and O–H groups in total. The van der Waals surface area contributed by atoms with Gasteiger partial charge in [0, 0.05) is 5.69 Å². The van der Waals surface area contributed by atoms with Crippen molar-refractivity contribution in [2.75, 3.05) is 11.5 Å². The molecule has 0 saturated heterocycles. The highest BCUT2D eigenvalue weighted by molar-refractivity contribution is 5.56. The number of hydrogen-bond acceptors (Lipinski definition) is 2. The molecule has 0 heterocycles. The van der Waals surface area contributed by atoms with E-state index in [0.717, 1.165) is 18.4 Å². The van der Waals surface area contributed by atoms with Crippen molar-refractivity contribution in [2.45, 2.75) is 19.8 Å². The maximum atomic E-state index is 12.8. The molecule has 0 unspecified atom stereocenters. The minimum Gasteiger partial charge on any atom is -0.398 e. The Morgan fingerprint density at radius 1 is 1.25 bits per heavy atom. The van der Waals surface area contributed by atoms with E-state index >= 15 is 0 Å². The minimum atomic E-state index is -0.438. The number of rotatable bonds is 2. The van der Waals surface area contributed by atoms with E-state index in [2.05, 4.69) is 0 Å². The molecule has 0 bridgehead atoms. The number of halogens is 1. The lowest BCUT2D eigenvalue weighted by molar-refractivity contribution is 0.632. The van der Waals surface area contributed by atoms with Crippen molar-refractivity contribution in [3.05, 3.63) is 23.5 Å². The fourth-order valence-electron chi connectivity index (χ4n) is 1.14. The monoisotopic (exact) mass is 168 g/mol. The summed E-state index contributed by atoms with van der Waals surface area (Å²) in [5, 5.41) is 0. The first-order chi connectivity index (χ1) is 5.65. The van der Waals surface area contributed by atoms with Crippen LogP contribution in [-0.4, -0.2) is 0 Å². The van der Waals surface area contributed by atoms with Crippen molar-refractivity contribution >= 4 is 11.4 Å². The Morgan fingerprint density at radius 2 is 1.92 bits per heavy atom. The Hall–Kier alpha value is -1.25. The second-order valence-electron chi connectivity index (χ2n) is 2.82. The van der Waals surface area contributed by atoms with Gasteiger partial charge in [-0.2, -0.15) is 0 Å². The van der Waals surface area contributed by atoms with Gasteiger partial charge in [-0.25, -0.2) is 4.39 Å². The molecule has 1 aromatic carbocycles. The molecular weight excluding hydrogens is 155 g/mol. The zero-order valence-corrected chi connectivity index (χ0v) is 7.10. The van der Waals surface area contributed by atoms with Crippen LogP contribution in [0.15, 0.2) is 12.1 Å². The average Bonchev–Trinajstić information content (AvgIpc) is 2.01. The molecule has 3 heteroatoms. The standard InChI is InChI=1S/C9H13FN2/c1-2-3-6-4-9(12)7(10)5-8(6)11/h4-5H,2-3,11-12H2,1H3. The van der Waals surface area contributed by atoms with Crippen molar-refractivity contribution in [2.24, 2.45) is 0 Å². The normalized spacial score (nSPS) is 10.2. The van der Waals surface area contributed by atoms with Gasteiger partial charge in [0.15, 0.2) is 0 Å². The molecule has 0 spiro atoms. The minimum absolute atomic E-state index is 0.174. The summed E-state index contributed by atoms with van der Waals surface area (Å²) in [4.78, 5) is 0. The van der Waals surface area contributed by atoms with E-state index in [0.29, 0.717) is 5.69 Å². The first-order valence-electron chi connectivity index (χ1n) is 3.98. The van der Waals surface area contributed by atoms with Crippen LogP contribution in [0.5, 0.6) is 0 Å². The number of nitrogen functional groups attached to an aromatic ring is 2. The topological polar surface area (TPSA) is 52.0 Å². The van der Waals surface area contributed by atoms with Crippen LogP contribution in [0, 0.1) is 5.82 Å². The summed E-state index contributed by atoms with van der Waals surface area (Å²) >= 11 is 0. The summed E-state index contributed by atoms with van der Waals surface area (Å²) in [5.41, 5.74) is 12.6. The van der Waals surface area contributed by atoms with E-state index in [-0.39, 0.29) is 5.69 Å². The quantitative estimate of drug-likeness (QED) is 0.663. The number of nitrogens with two attached hydrogens (primary N) is 2. The molecule has 0 radical (unpaired) electrons. The van der Waals surface area contributed by atoms with Crippen molar-refractivity contribution < 1.29 is 4.39 Å². The van der Waals surface area contributed by atoms with Crippen LogP contribution in [0.4, 0.5) is 15.8 Å². The average molecular weight is 168 g/mol. The van der Waals surface area contributed by atoms with Crippen LogP contribution in [0.2, 0.25) is 0 Å². The van der Waals surface area contributed by atoms with Gasteiger partial charge in [0.1, 0.15) is 5.82 Å². The van der Waals surface area contributed by atoms with Gasteiger partial charge >= 0.3 is 0 Å². The molecule has 0 amide bonds. The predicted octanol–water partition coefficient (Wildman–Crippen LogP) is 1.94. The van der Waals surface area contributed by atoms with Gasteiger partial charge < -0.3 is 11.5 Å². The maximum Gasteiger partial charge on any atom is 0.148 e. The van der Waals surface area contributed by atoms with E-state index in [1.807, 2.05) is 6.92 Å². The van der Waals surface area contributed by atoms with Gasteiger partial charge in [0.25, 0.3) is 0 Å². The van der Waals surface area contributed by atoms with Crippen molar-refractivity contribution in [3.8, 4) is 0 Å².